The van der Waals surface area contributed by atoms with Crippen LogP contribution >= 0.6 is 0 Å². The molecule has 1 aliphatic heterocycles. The highest BCUT2D eigenvalue weighted by atomic mass is 16.7. The molecule has 4 rings (SSSR count). The Morgan fingerprint density at radius 3 is 2.96 bits per heavy atom. The molecule has 0 spiro atoms. The molecular formula is C19H18N2O5. The van der Waals surface area contributed by atoms with Gasteiger partial charge in [0.2, 0.25) is 6.79 Å². The molecule has 3 aromatic rings. The smallest absolute Gasteiger partial charge is 0.274 e. The highest BCUT2D eigenvalue weighted by molar-refractivity contribution is 5.80. The Balaban J connectivity index is 1.35. The second-order valence-corrected chi connectivity index (χ2v) is 6.08. The third kappa shape index (κ3) is 3.40. The minimum atomic E-state index is -0.838. The summed E-state index contributed by atoms with van der Waals surface area (Å²) in [7, 11) is 0. The first-order valence-electron chi connectivity index (χ1n) is 8.30. The van der Waals surface area contributed by atoms with Gasteiger partial charge < -0.3 is 19.3 Å². The SMILES string of the molecule is O=c1c2ccccc2cnn1C[C@H](O)COCc1ccc2c(c1)OCO2. The molecule has 7 heteroatoms. The zero-order valence-electron chi connectivity index (χ0n) is 14.0. The average Bonchev–Trinajstić information content (AvgIpc) is 3.12. The fraction of sp³-hybridized carbons (Fsp3) is 0.263. The van der Waals surface area contributed by atoms with Gasteiger partial charge in [-0.15, -0.1) is 0 Å². The van der Waals surface area contributed by atoms with Crippen molar-refractivity contribution in [2.24, 2.45) is 0 Å². The van der Waals surface area contributed by atoms with Gasteiger partial charge in [0.1, 0.15) is 0 Å². The van der Waals surface area contributed by atoms with Crippen LogP contribution < -0.4 is 15.0 Å². The van der Waals surface area contributed by atoms with E-state index < -0.39 is 6.10 Å². The van der Waals surface area contributed by atoms with Gasteiger partial charge in [-0.25, -0.2) is 4.68 Å². The monoisotopic (exact) mass is 354 g/mol. The number of benzene rings is 2. The lowest BCUT2D eigenvalue weighted by atomic mass is 10.2. The zero-order chi connectivity index (χ0) is 17.9. The molecule has 0 radical (unpaired) electrons. The van der Waals surface area contributed by atoms with Crippen molar-refractivity contribution < 1.29 is 19.3 Å². The summed E-state index contributed by atoms with van der Waals surface area (Å²) in [5.41, 5.74) is 0.695. The van der Waals surface area contributed by atoms with Crippen LogP contribution in [-0.4, -0.2) is 34.4 Å². The first-order chi connectivity index (χ1) is 12.7. The number of aromatic nitrogens is 2. The number of ether oxygens (including phenoxy) is 3. The molecule has 1 aliphatic rings. The Morgan fingerprint density at radius 2 is 2.04 bits per heavy atom. The summed E-state index contributed by atoms with van der Waals surface area (Å²) < 4.78 is 17.4. The van der Waals surface area contributed by atoms with Crippen molar-refractivity contribution >= 4 is 10.8 Å². The molecule has 0 unspecified atom stereocenters. The Kier molecular flexibility index (Phi) is 4.55. The second-order valence-electron chi connectivity index (χ2n) is 6.08. The lowest BCUT2D eigenvalue weighted by Gasteiger charge is -2.13. The van der Waals surface area contributed by atoms with Crippen molar-refractivity contribution in [2.75, 3.05) is 13.4 Å². The summed E-state index contributed by atoms with van der Waals surface area (Å²) >= 11 is 0. The molecule has 1 aromatic heterocycles. The highest BCUT2D eigenvalue weighted by Gasteiger charge is 2.14. The van der Waals surface area contributed by atoms with Gasteiger partial charge >= 0.3 is 0 Å². The average molecular weight is 354 g/mol. The lowest BCUT2D eigenvalue weighted by molar-refractivity contribution is 0.0181. The van der Waals surface area contributed by atoms with E-state index in [4.69, 9.17) is 14.2 Å². The van der Waals surface area contributed by atoms with Crippen molar-refractivity contribution in [1.82, 2.24) is 9.78 Å². The van der Waals surface area contributed by atoms with Crippen molar-refractivity contribution in [3.63, 3.8) is 0 Å². The first-order valence-corrected chi connectivity index (χ1v) is 8.30. The molecule has 1 atom stereocenters. The summed E-state index contributed by atoms with van der Waals surface area (Å²) in [6.07, 6.45) is 0.784. The molecule has 0 saturated heterocycles. The third-order valence-corrected chi connectivity index (χ3v) is 4.16. The third-order valence-electron chi connectivity index (χ3n) is 4.16. The van der Waals surface area contributed by atoms with E-state index in [1.165, 1.54) is 4.68 Å². The summed E-state index contributed by atoms with van der Waals surface area (Å²) in [6, 6.07) is 12.8. The standard InChI is InChI=1S/C19H18N2O5/c22-15(9-21-19(23)16-4-2-1-3-14(16)8-20-21)11-24-10-13-5-6-17-18(7-13)26-12-25-17/h1-8,15,22H,9-12H2/t15-/m0/s1. The van der Waals surface area contributed by atoms with Gasteiger partial charge in [0.05, 0.1) is 37.4 Å². The largest absolute Gasteiger partial charge is 0.454 e. The number of nitrogens with zero attached hydrogens (tertiary/aromatic N) is 2. The van der Waals surface area contributed by atoms with E-state index in [0.29, 0.717) is 17.7 Å². The summed E-state index contributed by atoms with van der Waals surface area (Å²) in [5, 5.41) is 15.6. The molecule has 2 heterocycles. The van der Waals surface area contributed by atoms with Gasteiger partial charge in [-0.05, 0) is 23.8 Å². The molecule has 0 amide bonds. The maximum absolute atomic E-state index is 12.4. The number of rotatable bonds is 6. The van der Waals surface area contributed by atoms with Gasteiger partial charge in [-0.3, -0.25) is 4.79 Å². The highest BCUT2D eigenvalue weighted by Crippen LogP contribution is 2.32. The molecule has 0 fully saturated rings. The van der Waals surface area contributed by atoms with Gasteiger partial charge in [0.25, 0.3) is 5.56 Å². The summed E-state index contributed by atoms with van der Waals surface area (Å²) in [5.74, 6) is 1.41. The molecular weight excluding hydrogens is 336 g/mol. The fourth-order valence-corrected chi connectivity index (χ4v) is 2.85. The molecule has 2 aromatic carbocycles. The van der Waals surface area contributed by atoms with Gasteiger partial charge in [0, 0.05) is 5.39 Å². The number of aliphatic hydroxyl groups excluding tert-OH is 1. The first kappa shape index (κ1) is 16.6. The zero-order valence-corrected chi connectivity index (χ0v) is 14.0. The minimum absolute atomic E-state index is 0.0742. The number of aliphatic hydroxyl groups is 1. The molecule has 0 saturated carbocycles. The summed E-state index contributed by atoms with van der Waals surface area (Å²) in [4.78, 5) is 12.4. The number of fused-ring (bicyclic) bond motifs is 2. The van der Waals surface area contributed by atoms with E-state index in [9.17, 15) is 9.90 Å². The second kappa shape index (κ2) is 7.15. The van der Waals surface area contributed by atoms with Crippen LogP contribution in [0, 0.1) is 0 Å². The maximum atomic E-state index is 12.4. The van der Waals surface area contributed by atoms with Crippen LogP contribution in [-0.2, 0) is 17.9 Å². The van der Waals surface area contributed by atoms with E-state index in [0.717, 1.165) is 16.7 Å². The minimum Gasteiger partial charge on any atom is -0.454 e. The Bertz CT molecular complexity index is 985. The summed E-state index contributed by atoms with van der Waals surface area (Å²) in [6.45, 7) is 0.722. The van der Waals surface area contributed by atoms with Crippen molar-refractivity contribution in [1.29, 1.82) is 0 Å². The van der Waals surface area contributed by atoms with Crippen LogP contribution in [0.5, 0.6) is 11.5 Å². The predicted octanol–water partition coefficient (Wildman–Crippen LogP) is 1.70. The van der Waals surface area contributed by atoms with Crippen molar-refractivity contribution in [2.45, 2.75) is 19.3 Å². The van der Waals surface area contributed by atoms with Gasteiger partial charge in [-0.2, -0.15) is 5.10 Å². The van der Waals surface area contributed by atoms with Crippen molar-refractivity contribution in [3.05, 3.63) is 64.6 Å². The quantitative estimate of drug-likeness (QED) is 0.726. The van der Waals surface area contributed by atoms with Crippen LogP contribution in [0.25, 0.3) is 10.8 Å². The fourth-order valence-electron chi connectivity index (χ4n) is 2.85. The predicted molar refractivity (Wildman–Crippen MR) is 94.2 cm³/mol. The van der Waals surface area contributed by atoms with Crippen LogP contribution in [0.2, 0.25) is 0 Å². The van der Waals surface area contributed by atoms with Crippen LogP contribution in [0.15, 0.2) is 53.5 Å². The topological polar surface area (TPSA) is 82.8 Å². The maximum Gasteiger partial charge on any atom is 0.274 e. The Labute approximate surface area is 149 Å². The van der Waals surface area contributed by atoms with Crippen LogP contribution in [0.3, 0.4) is 0 Å². The molecule has 0 bridgehead atoms. The lowest BCUT2D eigenvalue weighted by Crippen LogP contribution is -2.31. The van der Waals surface area contributed by atoms with Gasteiger partial charge in [-0.1, -0.05) is 24.3 Å². The van der Waals surface area contributed by atoms with Gasteiger partial charge in [0.15, 0.2) is 11.5 Å². The molecule has 1 N–H and O–H groups in total. The molecule has 7 nitrogen and oxygen atoms in total. The van der Waals surface area contributed by atoms with Crippen LogP contribution in [0.4, 0.5) is 0 Å². The van der Waals surface area contributed by atoms with E-state index in [2.05, 4.69) is 5.10 Å². The van der Waals surface area contributed by atoms with Crippen LogP contribution in [0.1, 0.15) is 5.56 Å². The Morgan fingerprint density at radius 1 is 1.19 bits per heavy atom. The van der Waals surface area contributed by atoms with Crippen molar-refractivity contribution in [3.8, 4) is 11.5 Å². The normalized spacial score (nSPS) is 13.9. The van der Waals surface area contributed by atoms with E-state index >= 15 is 0 Å². The Hall–Kier alpha value is -2.90. The number of hydrogen-bond donors (Lipinski definition) is 1. The van der Waals surface area contributed by atoms with E-state index in [1.54, 1.807) is 18.3 Å². The molecule has 26 heavy (non-hydrogen) atoms. The number of hydrogen-bond acceptors (Lipinski definition) is 6. The molecule has 0 aliphatic carbocycles. The molecule has 134 valence electrons. The van der Waals surface area contributed by atoms with E-state index in [1.807, 2.05) is 30.3 Å². The van der Waals surface area contributed by atoms with E-state index in [-0.39, 0.29) is 25.5 Å².